The second-order valence-electron chi connectivity index (χ2n) is 6.89. The van der Waals surface area contributed by atoms with Gasteiger partial charge in [0, 0.05) is 22.2 Å². The van der Waals surface area contributed by atoms with Gasteiger partial charge >= 0.3 is 0 Å². The van der Waals surface area contributed by atoms with Gasteiger partial charge < -0.3 is 18.9 Å². The van der Waals surface area contributed by atoms with Gasteiger partial charge in [0.15, 0.2) is 12.6 Å². The monoisotopic (exact) mass is 398 g/mol. The van der Waals surface area contributed by atoms with Gasteiger partial charge in [0.1, 0.15) is 23.9 Å². The number of benzene rings is 2. The van der Waals surface area contributed by atoms with Crippen LogP contribution in [0.1, 0.15) is 34.0 Å². The Morgan fingerprint density at radius 2 is 2.14 bits per heavy atom. The molecule has 5 nitrogen and oxygen atoms in total. The Hall–Kier alpha value is -2.76. The first-order valence-electron chi connectivity index (χ1n) is 8.81. The minimum Gasteiger partial charge on any atom is -0.489 e. The second-order valence-corrected chi connectivity index (χ2v) is 7.33. The fourth-order valence-corrected chi connectivity index (χ4v) is 3.47. The summed E-state index contributed by atoms with van der Waals surface area (Å²) in [6.07, 6.45) is 1.66. The number of ketones is 1. The molecule has 0 saturated carbocycles. The van der Waals surface area contributed by atoms with Gasteiger partial charge in [0.05, 0.1) is 12.2 Å². The number of fused-ring (bicyclic) bond motifs is 2. The third-order valence-electron chi connectivity index (χ3n) is 4.42. The molecule has 4 rings (SSSR count). The van der Waals surface area contributed by atoms with Gasteiger partial charge in [-0.25, -0.2) is 0 Å². The van der Waals surface area contributed by atoms with Crippen LogP contribution in [0.2, 0.25) is 5.02 Å². The van der Waals surface area contributed by atoms with Crippen LogP contribution in [0.5, 0.6) is 17.2 Å². The number of halogens is 1. The van der Waals surface area contributed by atoms with Crippen LogP contribution in [0.4, 0.5) is 0 Å². The van der Waals surface area contributed by atoms with E-state index in [0.29, 0.717) is 46.6 Å². The Morgan fingerprint density at radius 1 is 1.32 bits per heavy atom. The molecule has 0 amide bonds. The summed E-state index contributed by atoms with van der Waals surface area (Å²) in [5, 5.41) is 0.536. The molecule has 6 heteroatoms. The number of hydrogen-bond acceptors (Lipinski definition) is 5. The van der Waals surface area contributed by atoms with E-state index in [0.717, 1.165) is 16.7 Å². The predicted octanol–water partition coefficient (Wildman–Crippen LogP) is 5.09. The minimum absolute atomic E-state index is 0.155. The van der Waals surface area contributed by atoms with Crippen molar-refractivity contribution in [1.82, 2.24) is 0 Å². The lowest BCUT2D eigenvalue weighted by atomic mass is 10.0. The van der Waals surface area contributed by atoms with Gasteiger partial charge in [-0.15, -0.1) is 0 Å². The zero-order valence-corrected chi connectivity index (χ0v) is 16.4. The van der Waals surface area contributed by atoms with Crippen LogP contribution >= 0.6 is 11.6 Å². The summed E-state index contributed by atoms with van der Waals surface area (Å²) in [5.74, 6) is 1.80. The molecule has 2 heterocycles. The number of rotatable bonds is 4. The summed E-state index contributed by atoms with van der Waals surface area (Å²) in [6, 6.07) is 7.08. The first kappa shape index (κ1) is 18.6. The van der Waals surface area contributed by atoms with E-state index in [1.165, 1.54) is 0 Å². The van der Waals surface area contributed by atoms with E-state index in [-0.39, 0.29) is 18.3 Å². The van der Waals surface area contributed by atoms with Crippen LogP contribution < -0.4 is 14.2 Å². The lowest BCUT2D eigenvalue weighted by Gasteiger charge is -2.20. The summed E-state index contributed by atoms with van der Waals surface area (Å²) < 4.78 is 22.5. The Morgan fingerprint density at radius 3 is 2.93 bits per heavy atom. The molecule has 144 valence electrons. The average Bonchev–Trinajstić information content (AvgIpc) is 2.96. The van der Waals surface area contributed by atoms with E-state index in [9.17, 15) is 4.79 Å². The maximum Gasteiger partial charge on any atom is 0.232 e. The zero-order valence-electron chi connectivity index (χ0n) is 15.6. The summed E-state index contributed by atoms with van der Waals surface area (Å²) in [4.78, 5) is 12.9. The fourth-order valence-electron chi connectivity index (χ4n) is 3.22. The van der Waals surface area contributed by atoms with Crippen molar-refractivity contribution in [3.8, 4) is 17.2 Å². The smallest absolute Gasteiger partial charge is 0.232 e. The van der Waals surface area contributed by atoms with Crippen LogP contribution in [0, 0.1) is 6.92 Å². The Balaban J connectivity index is 1.69. The van der Waals surface area contributed by atoms with E-state index < -0.39 is 0 Å². The Bertz CT molecular complexity index is 1020. The maximum absolute atomic E-state index is 12.9. The van der Waals surface area contributed by atoms with Crippen molar-refractivity contribution in [3.63, 3.8) is 0 Å². The van der Waals surface area contributed by atoms with Crippen molar-refractivity contribution in [2.75, 3.05) is 13.4 Å². The molecule has 0 atom stereocenters. The predicted molar refractivity (Wildman–Crippen MR) is 106 cm³/mol. The highest BCUT2D eigenvalue weighted by atomic mass is 35.5. The van der Waals surface area contributed by atoms with Gasteiger partial charge in [-0.3, -0.25) is 4.79 Å². The SMILES string of the molecule is C=C(C)COc1cc(C)c2c(c1)O/C(=C\c1cc(Cl)cc3c1OCOC3)C2=O. The lowest BCUT2D eigenvalue weighted by molar-refractivity contribution is -0.0165. The van der Waals surface area contributed by atoms with E-state index in [4.69, 9.17) is 30.5 Å². The van der Waals surface area contributed by atoms with E-state index in [1.54, 1.807) is 24.3 Å². The van der Waals surface area contributed by atoms with Crippen LogP contribution in [0.3, 0.4) is 0 Å². The zero-order chi connectivity index (χ0) is 19.8. The van der Waals surface area contributed by atoms with Crippen molar-refractivity contribution in [3.05, 3.63) is 69.5 Å². The summed E-state index contributed by atoms with van der Waals surface area (Å²) >= 11 is 6.21. The minimum atomic E-state index is -0.181. The van der Waals surface area contributed by atoms with Crippen molar-refractivity contribution in [2.24, 2.45) is 0 Å². The highest BCUT2D eigenvalue weighted by Crippen LogP contribution is 2.39. The van der Waals surface area contributed by atoms with Crippen molar-refractivity contribution in [1.29, 1.82) is 0 Å². The molecule has 0 N–H and O–H groups in total. The van der Waals surface area contributed by atoms with Gasteiger partial charge in [0.25, 0.3) is 0 Å². The number of aryl methyl sites for hydroxylation is 1. The molecule has 0 unspecified atom stereocenters. The van der Waals surface area contributed by atoms with Crippen LogP contribution in [0.25, 0.3) is 6.08 Å². The normalized spacial score (nSPS) is 16.2. The largest absolute Gasteiger partial charge is 0.489 e. The molecule has 0 saturated heterocycles. The van der Waals surface area contributed by atoms with Gasteiger partial charge in [-0.1, -0.05) is 18.2 Å². The first-order valence-corrected chi connectivity index (χ1v) is 9.19. The molecule has 2 aromatic carbocycles. The summed E-state index contributed by atoms with van der Waals surface area (Å²) in [5.41, 5.74) is 3.75. The number of carbonyl (C=O) groups excluding carboxylic acids is 1. The highest BCUT2D eigenvalue weighted by molar-refractivity contribution is 6.31. The Kier molecular flexibility index (Phi) is 4.87. The van der Waals surface area contributed by atoms with Gasteiger partial charge in [-0.05, 0) is 49.3 Å². The summed E-state index contributed by atoms with van der Waals surface area (Å²) in [7, 11) is 0. The Labute approximate surface area is 168 Å². The molecule has 2 aliphatic rings. The topological polar surface area (TPSA) is 54.0 Å². The fraction of sp³-hybridized carbons (Fsp3) is 0.227. The number of carbonyl (C=O) groups is 1. The first-order chi connectivity index (χ1) is 13.4. The van der Waals surface area contributed by atoms with Crippen LogP contribution in [0.15, 0.2) is 42.2 Å². The van der Waals surface area contributed by atoms with Crippen molar-refractivity contribution >= 4 is 23.5 Å². The molecule has 0 aromatic heterocycles. The molecule has 2 aromatic rings. The molecule has 0 fully saturated rings. The maximum atomic E-state index is 12.9. The van der Waals surface area contributed by atoms with Crippen molar-refractivity contribution < 1.29 is 23.7 Å². The van der Waals surface area contributed by atoms with E-state index in [1.807, 2.05) is 19.9 Å². The van der Waals surface area contributed by atoms with Crippen molar-refractivity contribution in [2.45, 2.75) is 20.5 Å². The second kappa shape index (κ2) is 7.34. The molecule has 0 radical (unpaired) electrons. The third-order valence-corrected chi connectivity index (χ3v) is 4.64. The summed E-state index contributed by atoms with van der Waals surface area (Å²) in [6.45, 7) is 8.54. The molecular formula is C22H19ClO5. The van der Waals surface area contributed by atoms with Crippen LogP contribution in [-0.2, 0) is 11.3 Å². The van der Waals surface area contributed by atoms with E-state index in [2.05, 4.69) is 6.58 Å². The van der Waals surface area contributed by atoms with E-state index >= 15 is 0 Å². The quantitative estimate of drug-likeness (QED) is 0.530. The molecule has 0 bridgehead atoms. The third kappa shape index (κ3) is 3.51. The molecular weight excluding hydrogens is 380 g/mol. The number of ether oxygens (including phenoxy) is 4. The van der Waals surface area contributed by atoms with Crippen LogP contribution in [-0.4, -0.2) is 19.2 Å². The molecule has 2 aliphatic heterocycles. The highest BCUT2D eigenvalue weighted by Gasteiger charge is 2.30. The number of Topliss-reactive ketones (excluding diaryl/α,β-unsaturated/α-hetero) is 1. The molecule has 0 spiro atoms. The standard InChI is InChI=1S/C22H19ClO5/c1-12(2)9-26-17-4-13(3)20-18(8-17)28-19(21(20)24)7-14-5-16(23)6-15-10-25-11-27-22(14)15/h4-8H,1,9-11H2,2-3H3/b19-7-. The van der Waals surface area contributed by atoms with Gasteiger partial charge in [0.2, 0.25) is 5.78 Å². The molecule has 28 heavy (non-hydrogen) atoms. The van der Waals surface area contributed by atoms with Gasteiger partial charge in [-0.2, -0.15) is 0 Å². The average molecular weight is 399 g/mol. The molecule has 0 aliphatic carbocycles. The number of allylic oxidation sites excluding steroid dienone is 1. The number of hydrogen-bond donors (Lipinski definition) is 0. The lowest BCUT2D eigenvalue weighted by Crippen LogP contribution is -2.12.